The monoisotopic (exact) mass is 514 g/mol. The Morgan fingerprint density at radius 2 is 2.03 bits per heavy atom. The molecule has 3 aromatic rings. The topological polar surface area (TPSA) is 89.3 Å². The number of nitrogens with zero attached hydrogens (tertiary/aromatic N) is 1. The predicted octanol–water partition coefficient (Wildman–Crippen LogP) is 4.58. The van der Waals surface area contributed by atoms with E-state index in [9.17, 15) is 13.2 Å². The van der Waals surface area contributed by atoms with Crippen molar-refractivity contribution in [2.45, 2.75) is 34.4 Å². The number of furan rings is 1. The summed E-state index contributed by atoms with van der Waals surface area (Å²) in [6.07, 6.45) is 3.64. The molecule has 1 atom stereocenters. The SMILES string of the molecule is CS(=O)(=O)C(Br)c1ccc(C(=O)NC23CC(c4nc5ccc(Cl)cc5s4)(C2)C3)o1. The zero-order valence-corrected chi connectivity index (χ0v) is 19.2. The molecule has 1 aromatic carbocycles. The lowest BCUT2D eigenvalue weighted by Crippen LogP contribution is -2.76. The number of amides is 1. The minimum absolute atomic E-state index is 0.0367. The van der Waals surface area contributed by atoms with Crippen LogP contribution in [0.1, 0.15) is 44.7 Å². The van der Waals surface area contributed by atoms with E-state index >= 15 is 0 Å². The van der Waals surface area contributed by atoms with E-state index < -0.39 is 14.0 Å². The molecule has 3 fully saturated rings. The molecule has 0 aliphatic heterocycles. The normalized spacial score (nSPS) is 26.6. The van der Waals surface area contributed by atoms with Gasteiger partial charge in [-0.2, -0.15) is 0 Å². The molecule has 152 valence electrons. The number of alkyl halides is 1. The summed E-state index contributed by atoms with van der Waals surface area (Å²) >= 11 is 10.8. The van der Waals surface area contributed by atoms with Crippen molar-refractivity contribution in [3.8, 4) is 0 Å². The molecular weight excluding hydrogens is 500 g/mol. The van der Waals surface area contributed by atoms with Gasteiger partial charge < -0.3 is 9.73 Å². The number of benzene rings is 1. The summed E-state index contributed by atoms with van der Waals surface area (Å²) in [6, 6.07) is 8.72. The Labute approximate surface area is 184 Å². The van der Waals surface area contributed by atoms with Gasteiger partial charge in [0.15, 0.2) is 19.8 Å². The van der Waals surface area contributed by atoms with Crippen LogP contribution in [0.15, 0.2) is 34.7 Å². The summed E-state index contributed by atoms with van der Waals surface area (Å²) in [5.74, 6) is -0.0183. The zero-order valence-electron chi connectivity index (χ0n) is 15.2. The van der Waals surface area contributed by atoms with E-state index in [-0.39, 0.29) is 28.4 Å². The quantitative estimate of drug-likeness (QED) is 0.502. The van der Waals surface area contributed by atoms with Gasteiger partial charge in [-0.15, -0.1) is 11.3 Å². The number of rotatable bonds is 5. The summed E-state index contributed by atoms with van der Waals surface area (Å²) in [4.78, 5) is 17.4. The summed E-state index contributed by atoms with van der Waals surface area (Å²) in [7, 11) is -3.36. The van der Waals surface area contributed by atoms with Gasteiger partial charge in [-0.1, -0.05) is 27.5 Å². The molecule has 10 heteroatoms. The number of aromatic nitrogens is 1. The van der Waals surface area contributed by atoms with Crippen LogP contribution in [0.2, 0.25) is 5.02 Å². The zero-order chi connectivity index (χ0) is 20.6. The van der Waals surface area contributed by atoms with Crippen LogP contribution in [0.5, 0.6) is 0 Å². The number of hydrogen-bond acceptors (Lipinski definition) is 6. The lowest BCUT2D eigenvalue weighted by molar-refractivity contribution is -0.0811. The number of fused-ring (bicyclic) bond motifs is 1. The molecule has 0 saturated heterocycles. The standard InChI is InChI=1S/C19H16BrClN2O4S2/c1-29(25,26)15(20)12-4-5-13(27-12)16(24)23-19-7-18(8-19,9-19)17-22-11-3-2-10(21)6-14(11)28-17/h2-6,15H,7-9H2,1H3,(H,23,24). The molecule has 2 aromatic heterocycles. The van der Waals surface area contributed by atoms with E-state index in [1.165, 1.54) is 12.1 Å². The minimum Gasteiger partial charge on any atom is -0.454 e. The van der Waals surface area contributed by atoms with Crippen LogP contribution in [0, 0.1) is 0 Å². The van der Waals surface area contributed by atoms with Crippen LogP contribution in [0.4, 0.5) is 0 Å². The van der Waals surface area contributed by atoms with Crippen molar-refractivity contribution in [2.75, 3.05) is 6.26 Å². The van der Waals surface area contributed by atoms with Crippen molar-refractivity contribution in [3.63, 3.8) is 0 Å². The lowest BCUT2D eigenvalue weighted by Gasteiger charge is -2.69. The van der Waals surface area contributed by atoms with E-state index in [2.05, 4.69) is 21.2 Å². The highest BCUT2D eigenvalue weighted by Gasteiger charge is 2.70. The number of carbonyl (C=O) groups excluding carboxylic acids is 1. The van der Waals surface area contributed by atoms with Crippen molar-refractivity contribution >= 4 is 64.8 Å². The summed E-state index contributed by atoms with van der Waals surface area (Å²) in [5, 5.41) is 4.86. The smallest absolute Gasteiger partial charge is 0.287 e. The van der Waals surface area contributed by atoms with Crippen LogP contribution in [0.3, 0.4) is 0 Å². The Kier molecular flexibility index (Phi) is 4.24. The number of sulfone groups is 1. The minimum atomic E-state index is -3.36. The molecule has 0 spiro atoms. The average molecular weight is 516 g/mol. The fourth-order valence-corrected chi connectivity index (χ4v) is 6.60. The van der Waals surface area contributed by atoms with Gasteiger partial charge >= 0.3 is 0 Å². The van der Waals surface area contributed by atoms with Gasteiger partial charge in [0, 0.05) is 22.2 Å². The highest BCUT2D eigenvalue weighted by Crippen LogP contribution is 2.68. The van der Waals surface area contributed by atoms with Crippen molar-refractivity contribution in [3.05, 3.63) is 51.9 Å². The van der Waals surface area contributed by atoms with Gasteiger partial charge in [0.05, 0.1) is 10.2 Å². The van der Waals surface area contributed by atoms with Crippen LogP contribution in [0.25, 0.3) is 10.2 Å². The van der Waals surface area contributed by atoms with Crippen molar-refractivity contribution in [2.24, 2.45) is 0 Å². The van der Waals surface area contributed by atoms with E-state index in [4.69, 9.17) is 21.0 Å². The second-order valence-electron chi connectivity index (χ2n) is 8.02. The first-order valence-corrected chi connectivity index (χ1v) is 13.0. The molecule has 3 saturated carbocycles. The maximum Gasteiger partial charge on any atom is 0.287 e. The van der Waals surface area contributed by atoms with Gasteiger partial charge in [-0.05, 0) is 49.6 Å². The molecule has 29 heavy (non-hydrogen) atoms. The van der Waals surface area contributed by atoms with Crippen LogP contribution in [-0.2, 0) is 15.3 Å². The van der Waals surface area contributed by atoms with Gasteiger partial charge in [0.2, 0.25) is 0 Å². The molecule has 6 nitrogen and oxygen atoms in total. The first-order chi connectivity index (χ1) is 13.6. The fraction of sp³-hybridized carbons (Fsp3) is 0.368. The maximum absolute atomic E-state index is 12.6. The molecular formula is C19H16BrClN2O4S2. The molecule has 0 radical (unpaired) electrons. The Balaban J connectivity index is 1.27. The van der Waals surface area contributed by atoms with Crippen molar-refractivity contribution in [1.29, 1.82) is 0 Å². The van der Waals surface area contributed by atoms with E-state index in [1.807, 2.05) is 18.2 Å². The number of hydrogen-bond donors (Lipinski definition) is 1. The van der Waals surface area contributed by atoms with Crippen LogP contribution >= 0.6 is 38.9 Å². The number of halogens is 2. The van der Waals surface area contributed by atoms with Gasteiger partial charge in [-0.25, -0.2) is 13.4 Å². The molecule has 1 amide bonds. The first kappa shape index (κ1) is 19.5. The Hall–Kier alpha value is -1.42. The fourth-order valence-electron chi connectivity index (χ4n) is 4.38. The van der Waals surface area contributed by atoms with Crippen molar-refractivity contribution < 1.29 is 17.6 Å². The summed E-state index contributed by atoms with van der Waals surface area (Å²) in [6.45, 7) is 0. The Morgan fingerprint density at radius 3 is 2.72 bits per heavy atom. The number of carbonyl (C=O) groups is 1. The number of nitrogens with one attached hydrogen (secondary N) is 1. The molecule has 2 heterocycles. The molecule has 1 unspecified atom stereocenters. The molecule has 6 rings (SSSR count). The number of thiazole rings is 1. The second kappa shape index (κ2) is 6.29. The van der Waals surface area contributed by atoms with Gasteiger partial charge in [0.25, 0.3) is 5.91 Å². The Morgan fingerprint density at radius 1 is 1.31 bits per heavy atom. The first-order valence-electron chi connectivity index (χ1n) is 8.91. The van der Waals surface area contributed by atoms with Crippen LogP contribution < -0.4 is 5.32 Å². The average Bonchev–Trinajstić information content (AvgIpc) is 3.21. The third kappa shape index (κ3) is 3.13. The third-order valence-electron chi connectivity index (χ3n) is 5.66. The summed E-state index contributed by atoms with van der Waals surface area (Å²) < 4.78 is 28.8. The summed E-state index contributed by atoms with van der Waals surface area (Å²) in [5.41, 5.74) is 0.759. The third-order valence-corrected chi connectivity index (χ3v) is 10.6. The van der Waals surface area contributed by atoms with Crippen molar-refractivity contribution in [1.82, 2.24) is 10.3 Å². The van der Waals surface area contributed by atoms with Gasteiger partial charge in [0.1, 0.15) is 10.8 Å². The molecule has 2 bridgehead atoms. The van der Waals surface area contributed by atoms with E-state index in [0.29, 0.717) is 5.02 Å². The van der Waals surface area contributed by atoms with E-state index in [0.717, 1.165) is 40.7 Å². The lowest BCUT2D eigenvalue weighted by atomic mass is 9.39. The molecule has 3 aliphatic rings. The predicted molar refractivity (Wildman–Crippen MR) is 116 cm³/mol. The molecule has 1 N–H and O–H groups in total. The van der Waals surface area contributed by atoms with Crippen LogP contribution in [-0.4, -0.2) is 31.1 Å². The highest BCUT2D eigenvalue weighted by atomic mass is 79.9. The van der Waals surface area contributed by atoms with E-state index in [1.54, 1.807) is 11.3 Å². The maximum atomic E-state index is 12.6. The molecule has 3 aliphatic carbocycles. The Bertz CT molecular complexity index is 1250. The van der Waals surface area contributed by atoms with Gasteiger partial charge in [-0.3, -0.25) is 4.79 Å². The largest absolute Gasteiger partial charge is 0.454 e. The highest BCUT2D eigenvalue weighted by molar-refractivity contribution is 9.10. The second-order valence-corrected chi connectivity index (χ2v) is 13.1.